The maximum Gasteiger partial charge on any atom is 0.185 e. The molecule has 1 aliphatic rings. The lowest BCUT2D eigenvalue weighted by molar-refractivity contribution is 0.254. The van der Waals surface area contributed by atoms with Crippen molar-refractivity contribution >= 4 is 41.5 Å². The topological polar surface area (TPSA) is 64.4 Å². The Bertz CT molecular complexity index is 412. The van der Waals surface area contributed by atoms with Crippen LogP contribution in [-0.2, 0) is 5.41 Å². The van der Waals surface area contributed by atoms with E-state index in [9.17, 15) is 0 Å². The van der Waals surface area contributed by atoms with Crippen molar-refractivity contribution in [2.24, 2.45) is 16.5 Å². The predicted octanol–water partition coefficient (Wildman–Crippen LogP) is 2.65. The quantitative estimate of drug-likeness (QED) is 0.491. The number of aliphatic imine (C=N–C) groups is 1. The Morgan fingerprint density at radius 2 is 1.94 bits per heavy atom. The number of benzene rings is 1. The van der Waals surface area contributed by atoms with Crippen molar-refractivity contribution in [2.45, 2.75) is 24.7 Å². The van der Waals surface area contributed by atoms with Crippen molar-refractivity contribution < 1.29 is 0 Å². The third-order valence-electron chi connectivity index (χ3n) is 3.32. The van der Waals surface area contributed by atoms with Crippen molar-refractivity contribution in [1.82, 2.24) is 0 Å². The lowest BCUT2D eigenvalue weighted by Crippen LogP contribution is -2.39. The zero-order valence-electron chi connectivity index (χ0n) is 9.53. The lowest BCUT2D eigenvalue weighted by Gasteiger charge is -2.41. The third kappa shape index (κ3) is 3.04. The summed E-state index contributed by atoms with van der Waals surface area (Å²) < 4.78 is 0. The number of hydrogen-bond donors (Lipinski definition) is 2. The number of nitrogens with two attached hydrogens (primary N) is 2. The first kappa shape index (κ1) is 14.6. The van der Waals surface area contributed by atoms with Gasteiger partial charge in [-0.15, -0.1) is 24.0 Å². The van der Waals surface area contributed by atoms with Gasteiger partial charge in [0.05, 0.1) is 6.54 Å². The van der Waals surface area contributed by atoms with E-state index in [0.717, 1.165) is 17.9 Å². The Morgan fingerprint density at radius 1 is 1.29 bits per heavy atom. The fraction of sp³-hybridized carbons (Fsp3) is 0.417. The van der Waals surface area contributed by atoms with Crippen LogP contribution in [0.3, 0.4) is 0 Å². The van der Waals surface area contributed by atoms with Crippen LogP contribution in [0.2, 0.25) is 5.02 Å². The van der Waals surface area contributed by atoms with Crippen LogP contribution in [0, 0.1) is 0 Å². The molecule has 4 N–H and O–H groups in total. The highest BCUT2D eigenvalue weighted by Gasteiger charge is 2.39. The van der Waals surface area contributed by atoms with Crippen molar-refractivity contribution in [3.8, 4) is 0 Å². The Labute approximate surface area is 124 Å². The summed E-state index contributed by atoms with van der Waals surface area (Å²) in [7, 11) is 0. The molecule has 0 spiro atoms. The van der Waals surface area contributed by atoms with Gasteiger partial charge in [0.1, 0.15) is 0 Å². The molecule has 1 aliphatic carbocycles. The van der Waals surface area contributed by atoms with E-state index in [2.05, 4.69) is 11.1 Å². The number of hydrogen-bond acceptors (Lipinski definition) is 1. The SMILES string of the molecule is I.NC(N)=NCC1(c2ccccc2Cl)CCC1. The normalized spacial score (nSPS) is 16.5. The predicted molar refractivity (Wildman–Crippen MR) is 83.1 cm³/mol. The van der Waals surface area contributed by atoms with Crippen LogP contribution in [0.5, 0.6) is 0 Å². The van der Waals surface area contributed by atoms with E-state index in [1.165, 1.54) is 12.0 Å². The Kier molecular flexibility index (Phi) is 5.06. The summed E-state index contributed by atoms with van der Waals surface area (Å²) in [5.41, 5.74) is 12.0. The number of halogens is 2. The molecule has 0 saturated heterocycles. The molecule has 0 aromatic heterocycles. The standard InChI is InChI=1S/C12H16ClN3.HI/c13-10-5-2-1-4-9(10)12(6-3-7-12)8-16-11(14)15;/h1-2,4-5H,3,6-8H2,(H4,14,15,16);1H. The maximum absolute atomic E-state index is 6.23. The summed E-state index contributed by atoms with van der Waals surface area (Å²) in [5.74, 6) is 0.151. The minimum atomic E-state index is 0. The van der Waals surface area contributed by atoms with Crippen LogP contribution in [0.1, 0.15) is 24.8 Å². The summed E-state index contributed by atoms with van der Waals surface area (Å²) in [5, 5.41) is 0.813. The van der Waals surface area contributed by atoms with Gasteiger partial charge >= 0.3 is 0 Å². The first-order chi connectivity index (χ1) is 7.64. The van der Waals surface area contributed by atoms with E-state index in [1.54, 1.807) is 0 Å². The molecule has 0 heterocycles. The molecule has 5 heteroatoms. The smallest absolute Gasteiger partial charge is 0.185 e. The van der Waals surface area contributed by atoms with Crippen LogP contribution in [-0.4, -0.2) is 12.5 Å². The zero-order valence-corrected chi connectivity index (χ0v) is 12.6. The molecule has 0 radical (unpaired) electrons. The van der Waals surface area contributed by atoms with Gasteiger partial charge in [-0.05, 0) is 24.5 Å². The van der Waals surface area contributed by atoms with E-state index < -0.39 is 0 Å². The van der Waals surface area contributed by atoms with Gasteiger partial charge in [0.2, 0.25) is 0 Å². The highest BCUT2D eigenvalue weighted by Crippen LogP contribution is 2.46. The van der Waals surface area contributed by atoms with Crippen molar-refractivity contribution in [1.29, 1.82) is 0 Å². The monoisotopic (exact) mass is 365 g/mol. The van der Waals surface area contributed by atoms with Crippen molar-refractivity contribution in [3.63, 3.8) is 0 Å². The molecule has 0 aliphatic heterocycles. The third-order valence-corrected chi connectivity index (χ3v) is 3.65. The van der Waals surface area contributed by atoms with Gasteiger partial charge in [-0.1, -0.05) is 36.2 Å². The number of guanidine groups is 1. The van der Waals surface area contributed by atoms with Gasteiger partial charge in [0, 0.05) is 10.4 Å². The molecular formula is C12H17ClIN3. The van der Waals surface area contributed by atoms with Gasteiger partial charge in [-0.2, -0.15) is 0 Å². The maximum atomic E-state index is 6.23. The minimum Gasteiger partial charge on any atom is -0.370 e. The summed E-state index contributed by atoms with van der Waals surface area (Å²) >= 11 is 6.23. The average molecular weight is 366 g/mol. The van der Waals surface area contributed by atoms with E-state index >= 15 is 0 Å². The van der Waals surface area contributed by atoms with E-state index in [0.29, 0.717) is 6.54 Å². The molecule has 1 aromatic carbocycles. The molecule has 17 heavy (non-hydrogen) atoms. The molecular weight excluding hydrogens is 349 g/mol. The molecule has 1 fully saturated rings. The Balaban J connectivity index is 0.00000144. The van der Waals surface area contributed by atoms with Crippen molar-refractivity contribution in [2.75, 3.05) is 6.54 Å². The van der Waals surface area contributed by atoms with Crippen molar-refractivity contribution in [3.05, 3.63) is 34.9 Å². The first-order valence-electron chi connectivity index (χ1n) is 5.44. The molecule has 1 aromatic rings. The highest BCUT2D eigenvalue weighted by molar-refractivity contribution is 14.0. The fourth-order valence-electron chi connectivity index (χ4n) is 2.25. The molecule has 3 nitrogen and oxygen atoms in total. The van der Waals surface area contributed by atoms with Crippen LogP contribution >= 0.6 is 35.6 Å². The number of rotatable bonds is 3. The second-order valence-corrected chi connectivity index (χ2v) is 4.76. The molecule has 0 amide bonds. The van der Waals surface area contributed by atoms with Crippen LogP contribution in [0.4, 0.5) is 0 Å². The molecule has 94 valence electrons. The van der Waals surface area contributed by atoms with Gasteiger partial charge in [0.15, 0.2) is 5.96 Å². The molecule has 2 rings (SSSR count). The average Bonchev–Trinajstić information content (AvgIpc) is 2.18. The van der Waals surface area contributed by atoms with Crippen LogP contribution in [0.25, 0.3) is 0 Å². The highest BCUT2D eigenvalue weighted by atomic mass is 127. The van der Waals surface area contributed by atoms with E-state index in [-0.39, 0.29) is 35.4 Å². The fourth-order valence-corrected chi connectivity index (χ4v) is 2.59. The first-order valence-corrected chi connectivity index (χ1v) is 5.82. The molecule has 0 unspecified atom stereocenters. The van der Waals surface area contributed by atoms with E-state index in [1.807, 2.05) is 18.2 Å². The zero-order chi connectivity index (χ0) is 11.6. The molecule has 1 saturated carbocycles. The summed E-state index contributed by atoms with van der Waals surface area (Å²) in [6, 6.07) is 7.95. The molecule has 0 atom stereocenters. The Hall–Kier alpha value is -0.490. The summed E-state index contributed by atoms with van der Waals surface area (Å²) in [4.78, 5) is 4.15. The Morgan fingerprint density at radius 3 is 2.41 bits per heavy atom. The number of nitrogens with zero attached hydrogens (tertiary/aromatic N) is 1. The van der Waals surface area contributed by atoms with Gasteiger partial charge in [0.25, 0.3) is 0 Å². The lowest BCUT2D eigenvalue weighted by atomic mass is 9.64. The van der Waals surface area contributed by atoms with E-state index in [4.69, 9.17) is 23.1 Å². The largest absolute Gasteiger partial charge is 0.370 e. The van der Waals surface area contributed by atoms with Gasteiger partial charge < -0.3 is 11.5 Å². The second-order valence-electron chi connectivity index (χ2n) is 4.35. The summed E-state index contributed by atoms with van der Waals surface area (Å²) in [6.45, 7) is 0.638. The summed E-state index contributed by atoms with van der Waals surface area (Å²) in [6.07, 6.45) is 3.42. The van der Waals surface area contributed by atoms with Gasteiger partial charge in [-0.3, -0.25) is 4.99 Å². The van der Waals surface area contributed by atoms with Gasteiger partial charge in [-0.25, -0.2) is 0 Å². The minimum absolute atomic E-state index is 0. The van der Waals surface area contributed by atoms with Crippen LogP contribution < -0.4 is 11.5 Å². The van der Waals surface area contributed by atoms with Crippen LogP contribution in [0.15, 0.2) is 29.3 Å². The molecule has 0 bridgehead atoms. The second kappa shape index (κ2) is 5.91.